The van der Waals surface area contributed by atoms with Crippen LogP contribution in [0.15, 0.2) is 63.4 Å². The van der Waals surface area contributed by atoms with Crippen molar-refractivity contribution in [3.05, 3.63) is 65.2 Å². The molecule has 40 heavy (non-hydrogen) atoms. The van der Waals surface area contributed by atoms with Crippen LogP contribution in [0.5, 0.6) is 0 Å². The number of hydrogen-bond donors (Lipinski definition) is 2. The van der Waals surface area contributed by atoms with Crippen LogP contribution in [0.4, 0.5) is 20.2 Å². The summed E-state index contributed by atoms with van der Waals surface area (Å²) in [5.74, 6) is 1.04. The number of pyridine rings is 1. The highest BCUT2D eigenvalue weighted by Crippen LogP contribution is 2.36. The number of halogens is 2. The second-order valence-electron chi connectivity index (χ2n) is 7.89. The predicted octanol–water partition coefficient (Wildman–Crippen LogP) is 6.39. The lowest BCUT2D eigenvalue weighted by Gasteiger charge is -2.29. The number of hydrogen-bond acceptors (Lipinski definition) is 5. The van der Waals surface area contributed by atoms with Gasteiger partial charge in [-0.2, -0.15) is 18.9 Å². The molecule has 2 unspecified atom stereocenters. The third-order valence-electron chi connectivity index (χ3n) is 5.24. The summed E-state index contributed by atoms with van der Waals surface area (Å²) in [7, 11) is 5.76. The van der Waals surface area contributed by atoms with Crippen LogP contribution in [-0.2, 0) is 16.8 Å². The quantitative estimate of drug-likeness (QED) is 0.168. The van der Waals surface area contributed by atoms with Crippen molar-refractivity contribution in [2.75, 3.05) is 38.7 Å². The van der Waals surface area contributed by atoms with Gasteiger partial charge in [-0.1, -0.05) is 62.6 Å². The number of anilines is 2. The summed E-state index contributed by atoms with van der Waals surface area (Å²) >= 11 is 0. The van der Waals surface area contributed by atoms with Crippen LogP contribution in [-0.4, -0.2) is 61.2 Å². The van der Waals surface area contributed by atoms with E-state index in [1.165, 1.54) is 12.1 Å². The fraction of sp³-hybridized carbons (Fsp3) is 0.429. The highest BCUT2D eigenvalue weighted by atomic mass is 31.0. The van der Waals surface area contributed by atoms with Gasteiger partial charge in [-0.15, -0.1) is 9.24 Å². The molecular formula is C28H43F2N7OP2. The van der Waals surface area contributed by atoms with Gasteiger partial charge in [0.15, 0.2) is 0 Å². The average Bonchev–Trinajstić information content (AvgIpc) is 2.97. The molecule has 0 radical (unpaired) electrons. The Morgan fingerprint density at radius 2 is 1.85 bits per heavy atom. The Hall–Kier alpha value is -2.80. The molecule has 2 N–H and O–H groups in total. The molecule has 220 valence electrons. The minimum Gasteiger partial charge on any atom is -0.378 e. The Bertz CT molecular complexity index is 1160. The van der Waals surface area contributed by atoms with Gasteiger partial charge in [0, 0.05) is 36.7 Å². The van der Waals surface area contributed by atoms with Crippen molar-refractivity contribution in [3.8, 4) is 0 Å². The maximum Gasteiger partial charge on any atom is 0.283 e. The third kappa shape index (κ3) is 11.4. The van der Waals surface area contributed by atoms with E-state index in [1.807, 2.05) is 40.7 Å². The van der Waals surface area contributed by atoms with E-state index in [2.05, 4.69) is 51.5 Å². The Morgan fingerprint density at radius 3 is 2.42 bits per heavy atom. The van der Waals surface area contributed by atoms with Gasteiger partial charge in [0.05, 0.1) is 36.5 Å². The van der Waals surface area contributed by atoms with Crippen molar-refractivity contribution in [1.29, 1.82) is 0 Å². The van der Waals surface area contributed by atoms with Crippen LogP contribution in [0.1, 0.15) is 51.6 Å². The molecule has 0 aliphatic carbocycles. The monoisotopic (exact) mass is 593 g/mol. The first-order valence-electron chi connectivity index (χ1n) is 13.4. The molecule has 1 aromatic carbocycles. The van der Waals surface area contributed by atoms with E-state index in [0.29, 0.717) is 42.8 Å². The lowest BCUT2D eigenvalue weighted by molar-refractivity contribution is 0.0684. The van der Waals surface area contributed by atoms with E-state index in [4.69, 9.17) is 4.74 Å². The molecule has 1 fully saturated rings. The van der Waals surface area contributed by atoms with Gasteiger partial charge in [-0.3, -0.25) is 4.99 Å². The number of guanidine groups is 1. The number of hydrazone groups is 1. The van der Waals surface area contributed by atoms with E-state index < -0.39 is 5.66 Å². The van der Waals surface area contributed by atoms with Crippen LogP contribution in [0.25, 0.3) is 0 Å². The zero-order chi connectivity index (χ0) is 30.1. The minimum atomic E-state index is -2.99. The Morgan fingerprint density at radius 1 is 1.18 bits per heavy atom. The van der Waals surface area contributed by atoms with E-state index in [-0.39, 0.29) is 5.56 Å². The first-order chi connectivity index (χ1) is 19.2. The number of aromatic nitrogens is 1. The molecule has 1 aliphatic rings. The lowest BCUT2D eigenvalue weighted by Crippen LogP contribution is -2.41. The van der Waals surface area contributed by atoms with Gasteiger partial charge >= 0.3 is 0 Å². The van der Waals surface area contributed by atoms with Gasteiger partial charge in [-0.25, -0.2) is 10.4 Å². The SMILES string of the molecule is C=C(P)/C(=N\C(=NC)N/N=C/c1ccc(Nc2cccc(C(F)(F)P)c2)c(CC)n1)N1CCOCC1.CC.CC. The zero-order valence-corrected chi connectivity index (χ0v) is 26.6. The first kappa shape index (κ1) is 35.2. The molecule has 2 atom stereocenters. The molecule has 2 aromatic rings. The summed E-state index contributed by atoms with van der Waals surface area (Å²) in [6.45, 7) is 16.7. The van der Waals surface area contributed by atoms with Crippen molar-refractivity contribution in [2.45, 2.75) is 46.7 Å². The summed E-state index contributed by atoms with van der Waals surface area (Å²) in [6, 6.07) is 9.78. The van der Waals surface area contributed by atoms with Crippen LogP contribution in [0.3, 0.4) is 0 Å². The second kappa shape index (κ2) is 18.5. The van der Waals surface area contributed by atoms with Crippen molar-refractivity contribution >= 4 is 47.9 Å². The van der Waals surface area contributed by atoms with Gasteiger partial charge in [0.1, 0.15) is 5.84 Å². The number of alkyl halides is 2. The van der Waals surface area contributed by atoms with Crippen LogP contribution >= 0.6 is 18.5 Å². The number of benzene rings is 1. The average molecular weight is 594 g/mol. The molecule has 1 saturated heterocycles. The molecule has 8 nitrogen and oxygen atoms in total. The number of morpholine rings is 1. The molecule has 0 spiro atoms. The summed E-state index contributed by atoms with van der Waals surface area (Å²) < 4.78 is 32.7. The zero-order valence-electron chi connectivity index (χ0n) is 24.3. The molecule has 12 heteroatoms. The summed E-state index contributed by atoms with van der Waals surface area (Å²) in [5, 5.41) is 8.16. The highest BCUT2D eigenvalue weighted by Gasteiger charge is 2.24. The molecule has 2 heterocycles. The molecule has 1 aliphatic heterocycles. The fourth-order valence-electron chi connectivity index (χ4n) is 3.44. The molecular weight excluding hydrogens is 550 g/mol. The van der Waals surface area contributed by atoms with E-state index in [9.17, 15) is 8.78 Å². The topological polar surface area (TPSA) is 86.5 Å². The van der Waals surface area contributed by atoms with Crippen molar-refractivity contribution in [1.82, 2.24) is 15.3 Å². The Labute approximate surface area is 242 Å². The van der Waals surface area contributed by atoms with Crippen molar-refractivity contribution in [2.24, 2.45) is 15.1 Å². The minimum absolute atomic E-state index is 0.0867. The second-order valence-corrected chi connectivity index (χ2v) is 9.31. The molecule has 1 aromatic heterocycles. The molecule has 0 saturated carbocycles. The van der Waals surface area contributed by atoms with E-state index in [1.54, 1.807) is 40.7 Å². The largest absolute Gasteiger partial charge is 0.378 e. The number of rotatable bonds is 7. The predicted molar refractivity (Wildman–Crippen MR) is 172 cm³/mol. The fourth-order valence-corrected chi connectivity index (χ4v) is 3.86. The van der Waals surface area contributed by atoms with Gasteiger partial charge < -0.3 is 15.0 Å². The van der Waals surface area contributed by atoms with E-state index in [0.717, 1.165) is 29.8 Å². The maximum absolute atomic E-state index is 13.6. The van der Waals surface area contributed by atoms with Gasteiger partial charge in [-0.05, 0) is 30.7 Å². The van der Waals surface area contributed by atoms with Crippen LogP contribution in [0.2, 0.25) is 0 Å². The Balaban J connectivity index is 0.00000191. The summed E-state index contributed by atoms with van der Waals surface area (Å²) in [5.41, 5.74) is 2.47. The number of nitrogens with one attached hydrogen (secondary N) is 2. The van der Waals surface area contributed by atoms with Crippen LogP contribution < -0.4 is 10.7 Å². The van der Waals surface area contributed by atoms with Crippen LogP contribution in [0, 0.1) is 0 Å². The maximum atomic E-state index is 13.6. The number of aryl methyl sites for hydroxylation is 1. The van der Waals surface area contributed by atoms with Crippen molar-refractivity contribution < 1.29 is 13.5 Å². The first-order valence-corrected chi connectivity index (χ1v) is 14.5. The summed E-state index contributed by atoms with van der Waals surface area (Å²) in [6.07, 6.45) is 2.21. The van der Waals surface area contributed by atoms with Crippen molar-refractivity contribution in [3.63, 3.8) is 0 Å². The lowest BCUT2D eigenvalue weighted by atomic mass is 10.1. The number of aliphatic imine (C=N–C) groups is 2. The number of ether oxygens (including phenoxy) is 1. The number of nitrogens with zero attached hydrogens (tertiary/aromatic N) is 5. The van der Waals surface area contributed by atoms with E-state index >= 15 is 0 Å². The molecule has 0 amide bonds. The smallest absolute Gasteiger partial charge is 0.283 e. The highest BCUT2D eigenvalue weighted by molar-refractivity contribution is 7.25. The molecule has 3 rings (SSSR count). The van der Waals surface area contributed by atoms with Gasteiger partial charge in [0.2, 0.25) is 5.96 Å². The summed E-state index contributed by atoms with van der Waals surface area (Å²) in [4.78, 5) is 15.5. The van der Waals surface area contributed by atoms with Gasteiger partial charge in [0.25, 0.3) is 5.66 Å². The Kier molecular flexibility index (Phi) is 16.3. The third-order valence-corrected chi connectivity index (χ3v) is 5.83. The molecule has 0 bridgehead atoms. The normalized spacial score (nSPS) is 14.1. The standard InChI is InChI=1S/C24H31F2N7OP2.2C2H6/c1-4-20-21(29-18-7-5-6-17(14-18)24(25,26)36)9-8-19(30-20)15-28-32-23(27-3)31-22(16(2)35)33-10-12-34-13-11-33;2*1-2/h5-9,14-15,29H,2,4,10-13,35-36H2,1,3H3,(H,27,32);2*1-2H3/b28-15+,31-22+;;. The number of amidine groups is 1.